The lowest BCUT2D eigenvalue weighted by molar-refractivity contribution is 0.424. The summed E-state index contributed by atoms with van der Waals surface area (Å²) in [7, 11) is 0. The van der Waals surface area contributed by atoms with E-state index in [2.05, 4.69) is 47.0 Å². The van der Waals surface area contributed by atoms with E-state index in [0.717, 1.165) is 19.5 Å². The molecule has 0 bridgehead atoms. The summed E-state index contributed by atoms with van der Waals surface area (Å²) in [6, 6.07) is 4.95. The molecule has 2 atom stereocenters. The van der Waals surface area contributed by atoms with Crippen molar-refractivity contribution in [1.29, 1.82) is 0 Å². The molecule has 0 aliphatic carbocycles. The Morgan fingerprint density at radius 1 is 1.50 bits per heavy atom. The maximum absolute atomic E-state index is 4.40. The van der Waals surface area contributed by atoms with Crippen molar-refractivity contribution >= 4 is 11.3 Å². The van der Waals surface area contributed by atoms with E-state index in [9.17, 15) is 0 Å². The van der Waals surface area contributed by atoms with Gasteiger partial charge in [-0.15, -0.1) is 11.3 Å². The lowest BCUT2D eigenvalue weighted by atomic mass is 9.96. The third-order valence-corrected chi connectivity index (χ3v) is 5.20. The van der Waals surface area contributed by atoms with Gasteiger partial charge < -0.3 is 9.88 Å². The number of imidazole rings is 1. The lowest BCUT2D eigenvalue weighted by Crippen LogP contribution is -2.30. The number of aryl methyl sites for hydroxylation is 1. The van der Waals surface area contributed by atoms with E-state index in [-0.39, 0.29) is 0 Å². The van der Waals surface area contributed by atoms with Gasteiger partial charge >= 0.3 is 0 Å². The second-order valence-corrected chi connectivity index (χ2v) is 7.21. The second-order valence-electron chi connectivity index (χ2n) is 5.83. The van der Waals surface area contributed by atoms with Crippen LogP contribution in [0.1, 0.15) is 47.2 Å². The van der Waals surface area contributed by atoms with Crippen LogP contribution in [0, 0.1) is 6.92 Å². The Kier molecular flexibility index (Phi) is 4.22. The summed E-state index contributed by atoms with van der Waals surface area (Å²) in [6.07, 6.45) is 7.72. The molecule has 3 rings (SSSR count). The summed E-state index contributed by atoms with van der Waals surface area (Å²) in [5.74, 6) is 0.624. The van der Waals surface area contributed by atoms with Gasteiger partial charge in [0, 0.05) is 46.6 Å². The summed E-state index contributed by atoms with van der Waals surface area (Å²) in [5, 5.41) is 3.50. The van der Waals surface area contributed by atoms with Crippen molar-refractivity contribution in [2.45, 2.75) is 45.1 Å². The highest BCUT2D eigenvalue weighted by Crippen LogP contribution is 2.27. The van der Waals surface area contributed by atoms with E-state index in [0.29, 0.717) is 12.0 Å². The fraction of sp³-hybridized carbons (Fsp3) is 0.562. The second kappa shape index (κ2) is 6.10. The molecule has 2 aromatic heterocycles. The van der Waals surface area contributed by atoms with Gasteiger partial charge in [0.25, 0.3) is 0 Å². The predicted molar refractivity (Wildman–Crippen MR) is 84.5 cm³/mol. The molecule has 0 saturated carbocycles. The summed E-state index contributed by atoms with van der Waals surface area (Å²) in [4.78, 5) is 7.27. The first-order chi connectivity index (χ1) is 9.74. The Balaban J connectivity index is 1.74. The van der Waals surface area contributed by atoms with Crippen molar-refractivity contribution in [3.63, 3.8) is 0 Å². The summed E-state index contributed by atoms with van der Waals surface area (Å²) >= 11 is 1.91. The minimum atomic E-state index is 0.479. The fourth-order valence-corrected chi connectivity index (χ4v) is 4.10. The molecule has 2 unspecified atom stereocenters. The van der Waals surface area contributed by atoms with Gasteiger partial charge in [0.2, 0.25) is 0 Å². The van der Waals surface area contributed by atoms with Crippen molar-refractivity contribution < 1.29 is 0 Å². The van der Waals surface area contributed by atoms with Gasteiger partial charge in [-0.3, -0.25) is 0 Å². The van der Waals surface area contributed by atoms with Crippen molar-refractivity contribution in [3.8, 4) is 0 Å². The average Bonchev–Trinajstić information content (AvgIpc) is 3.09. The predicted octanol–water partition coefficient (Wildman–Crippen LogP) is 3.52. The molecule has 2 aromatic rings. The Morgan fingerprint density at radius 2 is 2.40 bits per heavy atom. The van der Waals surface area contributed by atoms with Crippen LogP contribution in [0.15, 0.2) is 24.7 Å². The van der Waals surface area contributed by atoms with Crippen LogP contribution in [0.25, 0.3) is 0 Å². The molecular formula is C16H23N3S. The normalized spacial score (nSPS) is 21.0. The van der Waals surface area contributed by atoms with Crippen LogP contribution >= 0.6 is 11.3 Å². The van der Waals surface area contributed by atoms with E-state index in [4.69, 9.17) is 0 Å². The maximum atomic E-state index is 4.40. The molecule has 3 nitrogen and oxygen atoms in total. The van der Waals surface area contributed by atoms with Crippen LogP contribution < -0.4 is 5.32 Å². The first-order valence-corrected chi connectivity index (χ1v) is 8.33. The topological polar surface area (TPSA) is 29.9 Å². The first kappa shape index (κ1) is 13.8. The molecule has 0 aromatic carbocycles. The Morgan fingerprint density at radius 3 is 3.10 bits per heavy atom. The summed E-state index contributed by atoms with van der Waals surface area (Å²) < 4.78 is 2.38. The van der Waals surface area contributed by atoms with Crippen LogP contribution in [-0.4, -0.2) is 22.6 Å². The van der Waals surface area contributed by atoms with Gasteiger partial charge in [-0.25, -0.2) is 4.98 Å². The Bertz CT molecular complexity index is 552. The molecule has 4 heteroatoms. The molecular weight excluding hydrogens is 266 g/mol. The van der Waals surface area contributed by atoms with E-state index in [1.807, 2.05) is 17.7 Å². The third kappa shape index (κ3) is 2.96. The van der Waals surface area contributed by atoms with E-state index >= 15 is 0 Å². The van der Waals surface area contributed by atoms with E-state index in [1.165, 1.54) is 28.3 Å². The third-order valence-electron chi connectivity index (χ3n) is 4.18. The number of rotatable bonds is 4. The zero-order chi connectivity index (χ0) is 13.9. The SMILES string of the molecule is Cc1ccc(CC(C)n2cncc2C2CCCNC2)s1. The molecule has 1 fully saturated rings. The van der Waals surface area contributed by atoms with Gasteiger partial charge in [-0.1, -0.05) is 0 Å². The van der Waals surface area contributed by atoms with Crippen LogP contribution in [0.3, 0.4) is 0 Å². The van der Waals surface area contributed by atoms with Crippen LogP contribution in [0.5, 0.6) is 0 Å². The smallest absolute Gasteiger partial charge is 0.0950 e. The van der Waals surface area contributed by atoms with Crippen LogP contribution in [0.2, 0.25) is 0 Å². The minimum absolute atomic E-state index is 0.479. The minimum Gasteiger partial charge on any atom is -0.331 e. The number of nitrogens with one attached hydrogen (secondary N) is 1. The van der Waals surface area contributed by atoms with Gasteiger partial charge in [-0.2, -0.15) is 0 Å². The van der Waals surface area contributed by atoms with Crippen molar-refractivity contribution in [3.05, 3.63) is 40.1 Å². The molecule has 1 N–H and O–H groups in total. The van der Waals surface area contributed by atoms with Crippen LogP contribution in [-0.2, 0) is 6.42 Å². The molecule has 1 aliphatic heterocycles. The maximum Gasteiger partial charge on any atom is 0.0950 e. The quantitative estimate of drug-likeness (QED) is 0.933. The summed E-state index contributed by atoms with van der Waals surface area (Å²) in [5.41, 5.74) is 1.40. The molecule has 3 heterocycles. The highest BCUT2D eigenvalue weighted by molar-refractivity contribution is 7.11. The standard InChI is InChI=1S/C16H23N3S/c1-12(8-15-6-5-13(2)20-15)19-11-18-10-16(19)14-4-3-7-17-9-14/h5-6,10-12,14,17H,3-4,7-9H2,1-2H3. The number of hydrogen-bond donors (Lipinski definition) is 1. The van der Waals surface area contributed by atoms with Crippen molar-refractivity contribution in [2.24, 2.45) is 0 Å². The highest BCUT2D eigenvalue weighted by Gasteiger charge is 2.21. The van der Waals surface area contributed by atoms with E-state index in [1.54, 1.807) is 0 Å². The molecule has 108 valence electrons. The van der Waals surface area contributed by atoms with E-state index < -0.39 is 0 Å². The van der Waals surface area contributed by atoms with Gasteiger partial charge in [0.1, 0.15) is 0 Å². The molecule has 0 radical (unpaired) electrons. The summed E-state index contributed by atoms with van der Waals surface area (Å²) in [6.45, 7) is 6.73. The van der Waals surface area contributed by atoms with Gasteiger partial charge in [0.05, 0.1) is 6.33 Å². The molecule has 0 spiro atoms. The zero-order valence-corrected chi connectivity index (χ0v) is 13.1. The number of piperidine rings is 1. The molecule has 1 aliphatic rings. The first-order valence-electron chi connectivity index (χ1n) is 7.52. The molecule has 20 heavy (non-hydrogen) atoms. The number of aromatic nitrogens is 2. The lowest BCUT2D eigenvalue weighted by Gasteiger charge is -2.26. The van der Waals surface area contributed by atoms with Gasteiger partial charge in [0.15, 0.2) is 0 Å². The Hall–Kier alpha value is -1.13. The molecule has 0 amide bonds. The molecule has 1 saturated heterocycles. The number of hydrogen-bond acceptors (Lipinski definition) is 3. The van der Waals surface area contributed by atoms with Crippen molar-refractivity contribution in [2.75, 3.05) is 13.1 Å². The van der Waals surface area contributed by atoms with Gasteiger partial charge in [-0.05, 0) is 45.4 Å². The largest absolute Gasteiger partial charge is 0.331 e. The Labute approximate surface area is 125 Å². The van der Waals surface area contributed by atoms with Crippen LogP contribution in [0.4, 0.5) is 0 Å². The fourth-order valence-electron chi connectivity index (χ4n) is 3.09. The number of thiophene rings is 1. The monoisotopic (exact) mass is 289 g/mol. The number of nitrogens with zero attached hydrogens (tertiary/aromatic N) is 2. The highest BCUT2D eigenvalue weighted by atomic mass is 32.1. The van der Waals surface area contributed by atoms with Crippen molar-refractivity contribution in [1.82, 2.24) is 14.9 Å². The average molecular weight is 289 g/mol. The zero-order valence-electron chi connectivity index (χ0n) is 12.3.